The third kappa shape index (κ3) is 5.23. The standard InChI is InChI=1S/C25H15ClF4N2O4/c26-19-10-7-16(25(28,29)30)12-21(19)32-23(34)18(22(33)31-24(32)35)11-14-5-8-17(9-6-14)36-13-15-3-1-2-4-20(15)27/h1-12H,13H2,(H,31,33,35)/b18-11-. The first-order valence-electron chi connectivity index (χ1n) is 10.3. The first-order chi connectivity index (χ1) is 17.0. The molecule has 0 spiro atoms. The number of alkyl halides is 3. The zero-order valence-electron chi connectivity index (χ0n) is 18.1. The summed E-state index contributed by atoms with van der Waals surface area (Å²) in [5.74, 6) is -2.21. The number of halogens is 5. The zero-order valence-corrected chi connectivity index (χ0v) is 18.9. The second-order valence-corrected chi connectivity index (χ2v) is 7.98. The molecule has 0 aromatic heterocycles. The van der Waals surface area contributed by atoms with Crippen molar-refractivity contribution in [3.63, 3.8) is 0 Å². The summed E-state index contributed by atoms with van der Waals surface area (Å²) in [6.07, 6.45) is -3.58. The Morgan fingerprint density at radius 1 is 0.972 bits per heavy atom. The quantitative estimate of drug-likeness (QED) is 0.265. The maximum absolute atomic E-state index is 13.7. The van der Waals surface area contributed by atoms with Crippen LogP contribution in [0.4, 0.5) is 28.0 Å². The number of ether oxygens (including phenoxy) is 1. The second-order valence-electron chi connectivity index (χ2n) is 7.57. The summed E-state index contributed by atoms with van der Waals surface area (Å²) < 4.78 is 58.7. The molecule has 1 fully saturated rings. The van der Waals surface area contributed by atoms with Gasteiger partial charge in [-0.2, -0.15) is 13.2 Å². The molecule has 0 aliphatic carbocycles. The molecule has 1 aliphatic rings. The Labute approximate surface area is 206 Å². The van der Waals surface area contributed by atoms with Crippen LogP contribution in [0.5, 0.6) is 5.75 Å². The average molecular weight is 519 g/mol. The van der Waals surface area contributed by atoms with Crippen LogP contribution in [-0.2, 0) is 22.4 Å². The van der Waals surface area contributed by atoms with Gasteiger partial charge in [0.15, 0.2) is 0 Å². The molecular formula is C25H15ClF4N2O4. The van der Waals surface area contributed by atoms with Gasteiger partial charge in [0.05, 0.1) is 16.3 Å². The molecule has 184 valence electrons. The highest BCUT2D eigenvalue weighted by Gasteiger charge is 2.39. The fourth-order valence-corrected chi connectivity index (χ4v) is 3.54. The van der Waals surface area contributed by atoms with E-state index in [-0.39, 0.29) is 11.6 Å². The van der Waals surface area contributed by atoms with E-state index in [0.717, 1.165) is 6.07 Å². The fraction of sp³-hybridized carbons (Fsp3) is 0.0800. The number of carbonyl (C=O) groups is 3. The molecule has 36 heavy (non-hydrogen) atoms. The molecule has 1 heterocycles. The molecule has 1 saturated heterocycles. The lowest BCUT2D eigenvalue weighted by Gasteiger charge is -2.27. The molecular weight excluding hydrogens is 504 g/mol. The van der Waals surface area contributed by atoms with Gasteiger partial charge in [0.2, 0.25) is 0 Å². The number of hydrogen-bond donors (Lipinski definition) is 1. The maximum Gasteiger partial charge on any atom is 0.416 e. The molecule has 11 heteroatoms. The van der Waals surface area contributed by atoms with Crippen LogP contribution in [-0.4, -0.2) is 17.8 Å². The van der Waals surface area contributed by atoms with E-state index in [9.17, 15) is 31.9 Å². The van der Waals surface area contributed by atoms with Crippen LogP contribution in [0.25, 0.3) is 6.08 Å². The minimum absolute atomic E-state index is 0.0250. The maximum atomic E-state index is 13.7. The molecule has 0 bridgehead atoms. The zero-order chi connectivity index (χ0) is 26.0. The largest absolute Gasteiger partial charge is 0.489 e. The summed E-state index contributed by atoms with van der Waals surface area (Å²) in [7, 11) is 0. The van der Waals surface area contributed by atoms with Gasteiger partial charge in [-0.25, -0.2) is 14.1 Å². The molecule has 3 aromatic carbocycles. The molecule has 1 N–H and O–H groups in total. The monoisotopic (exact) mass is 518 g/mol. The number of carbonyl (C=O) groups excluding carboxylic acids is 3. The van der Waals surface area contributed by atoms with Crippen molar-refractivity contribution in [2.75, 3.05) is 4.90 Å². The minimum atomic E-state index is -4.75. The highest BCUT2D eigenvalue weighted by atomic mass is 35.5. The molecule has 0 unspecified atom stereocenters. The topological polar surface area (TPSA) is 75.7 Å². The van der Waals surface area contributed by atoms with Gasteiger partial charge in [0.1, 0.15) is 23.7 Å². The van der Waals surface area contributed by atoms with Crippen molar-refractivity contribution in [3.8, 4) is 5.75 Å². The molecule has 6 nitrogen and oxygen atoms in total. The number of amides is 4. The van der Waals surface area contributed by atoms with E-state index in [4.69, 9.17) is 16.3 Å². The number of nitrogens with one attached hydrogen (secondary N) is 1. The van der Waals surface area contributed by atoms with Crippen molar-refractivity contribution >= 4 is 41.2 Å². The summed E-state index contributed by atoms with van der Waals surface area (Å²) >= 11 is 5.97. The van der Waals surface area contributed by atoms with Gasteiger partial charge >= 0.3 is 12.2 Å². The van der Waals surface area contributed by atoms with Crippen molar-refractivity contribution in [1.29, 1.82) is 0 Å². The Morgan fingerprint density at radius 2 is 1.67 bits per heavy atom. The van der Waals surface area contributed by atoms with Crippen LogP contribution in [0.3, 0.4) is 0 Å². The number of hydrogen-bond acceptors (Lipinski definition) is 4. The SMILES string of the molecule is O=C1NC(=O)N(c2cc(C(F)(F)F)ccc2Cl)C(=O)/C1=C\c1ccc(OCc2ccccc2F)cc1. The van der Waals surface area contributed by atoms with Gasteiger partial charge in [-0.05, 0) is 48.0 Å². The summed E-state index contributed by atoms with van der Waals surface area (Å²) in [6.45, 7) is -0.0250. The van der Waals surface area contributed by atoms with E-state index in [1.54, 1.807) is 18.2 Å². The van der Waals surface area contributed by atoms with E-state index in [1.807, 2.05) is 5.32 Å². The highest BCUT2D eigenvalue weighted by Crippen LogP contribution is 2.36. The van der Waals surface area contributed by atoms with Crippen LogP contribution >= 0.6 is 11.6 Å². The molecule has 0 saturated carbocycles. The minimum Gasteiger partial charge on any atom is -0.489 e. The Bertz CT molecular complexity index is 1390. The van der Waals surface area contributed by atoms with Crippen LogP contribution in [0, 0.1) is 5.82 Å². The summed E-state index contributed by atoms with van der Waals surface area (Å²) in [5, 5.41) is 1.63. The number of barbiturate groups is 1. The van der Waals surface area contributed by atoms with Crippen LogP contribution in [0.2, 0.25) is 5.02 Å². The smallest absolute Gasteiger partial charge is 0.416 e. The number of urea groups is 1. The lowest BCUT2D eigenvalue weighted by Crippen LogP contribution is -2.54. The Balaban J connectivity index is 1.58. The van der Waals surface area contributed by atoms with E-state index in [0.29, 0.717) is 33.9 Å². The van der Waals surface area contributed by atoms with Gasteiger partial charge in [-0.1, -0.05) is 41.9 Å². The van der Waals surface area contributed by atoms with Gasteiger partial charge in [0.25, 0.3) is 11.8 Å². The van der Waals surface area contributed by atoms with E-state index >= 15 is 0 Å². The first kappa shape index (κ1) is 24.9. The van der Waals surface area contributed by atoms with Gasteiger partial charge < -0.3 is 4.74 Å². The predicted octanol–water partition coefficient (Wildman–Crippen LogP) is 5.74. The Morgan fingerprint density at radius 3 is 2.33 bits per heavy atom. The predicted molar refractivity (Wildman–Crippen MR) is 123 cm³/mol. The van der Waals surface area contributed by atoms with E-state index in [2.05, 4.69) is 0 Å². The van der Waals surface area contributed by atoms with Crippen LogP contribution in [0.1, 0.15) is 16.7 Å². The van der Waals surface area contributed by atoms with E-state index < -0.39 is 46.7 Å². The Hall–Kier alpha value is -4.18. The van der Waals surface area contributed by atoms with Crippen molar-refractivity contribution in [2.45, 2.75) is 12.8 Å². The number of nitrogens with zero attached hydrogens (tertiary/aromatic N) is 1. The molecule has 0 atom stereocenters. The normalized spacial score (nSPS) is 15.3. The van der Waals surface area contributed by atoms with Gasteiger partial charge in [-0.3, -0.25) is 14.9 Å². The number of benzene rings is 3. The van der Waals surface area contributed by atoms with Gasteiger partial charge in [-0.15, -0.1) is 0 Å². The molecule has 0 radical (unpaired) electrons. The molecule has 4 rings (SSSR count). The summed E-state index contributed by atoms with van der Waals surface area (Å²) in [5.41, 5.74) is -1.44. The first-order valence-corrected chi connectivity index (χ1v) is 10.7. The highest BCUT2D eigenvalue weighted by molar-refractivity contribution is 6.42. The third-order valence-corrected chi connectivity index (χ3v) is 5.48. The van der Waals surface area contributed by atoms with E-state index in [1.165, 1.54) is 36.4 Å². The number of anilines is 1. The fourth-order valence-electron chi connectivity index (χ4n) is 3.34. The van der Waals surface area contributed by atoms with Crippen molar-refractivity contribution in [1.82, 2.24) is 5.32 Å². The van der Waals surface area contributed by atoms with Crippen LogP contribution < -0.4 is 15.0 Å². The molecule has 3 aromatic rings. The second kappa shape index (κ2) is 9.82. The summed E-state index contributed by atoms with van der Waals surface area (Å²) in [4.78, 5) is 38.1. The van der Waals surface area contributed by atoms with Crippen molar-refractivity contribution < 1.29 is 36.7 Å². The molecule has 4 amide bonds. The van der Waals surface area contributed by atoms with Crippen LogP contribution in [0.15, 0.2) is 72.3 Å². The lowest BCUT2D eigenvalue weighted by molar-refractivity contribution is -0.137. The third-order valence-electron chi connectivity index (χ3n) is 5.16. The number of rotatable bonds is 5. The summed E-state index contributed by atoms with van der Waals surface area (Å²) in [6, 6.07) is 13.1. The molecule has 1 aliphatic heterocycles. The van der Waals surface area contributed by atoms with Crippen molar-refractivity contribution in [3.05, 3.63) is 99.8 Å². The van der Waals surface area contributed by atoms with Crippen molar-refractivity contribution in [2.24, 2.45) is 0 Å². The van der Waals surface area contributed by atoms with Gasteiger partial charge in [0, 0.05) is 5.56 Å². The lowest BCUT2D eigenvalue weighted by atomic mass is 10.1. The number of imide groups is 2. The average Bonchev–Trinajstić information content (AvgIpc) is 2.82. The Kier molecular flexibility index (Phi) is 6.80.